The zero-order valence-electron chi connectivity index (χ0n) is 11.2. The lowest BCUT2D eigenvalue weighted by Gasteiger charge is -2.25. The normalized spacial score (nSPS) is 24.1. The molecule has 6 heteroatoms. The second-order valence-corrected chi connectivity index (χ2v) is 7.40. The first-order chi connectivity index (χ1) is 8.40. The van der Waals surface area contributed by atoms with Crippen LogP contribution in [0.5, 0.6) is 0 Å². The van der Waals surface area contributed by atoms with Crippen molar-refractivity contribution >= 4 is 33.5 Å². The number of carbonyl (C=O) groups excluding carboxylic acids is 2. The number of carbonyl (C=O) groups is 2. The first-order valence-electron chi connectivity index (χ1n) is 6.13. The minimum Gasteiger partial charge on any atom is -0.462 e. The van der Waals surface area contributed by atoms with Crippen molar-refractivity contribution in [2.75, 3.05) is 0 Å². The van der Waals surface area contributed by atoms with Crippen LogP contribution in [0.15, 0.2) is 0 Å². The van der Waals surface area contributed by atoms with E-state index in [0.29, 0.717) is 12.8 Å². The van der Waals surface area contributed by atoms with Crippen molar-refractivity contribution in [2.45, 2.75) is 63.2 Å². The Bertz CT molecular complexity index is 266. The average molecular weight is 292 g/mol. The summed E-state index contributed by atoms with van der Waals surface area (Å²) >= 11 is 0. The van der Waals surface area contributed by atoms with E-state index in [1.807, 2.05) is 27.7 Å². The highest BCUT2D eigenvalue weighted by Gasteiger charge is 2.33. The molecule has 0 unspecified atom stereocenters. The molecule has 0 aromatic heterocycles. The van der Waals surface area contributed by atoms with E-state index in [2.05, 4.69) is 0 Å². The fraction of sp³-hybridized carbons (Fsp3) is 0.833. The molecular weight excluding hydrogens is 272 g/mol. The predicted octanol–water partition coefficient (Wildman–Crippen LogP) is 2.80. The standard InChI is InChI=1S/C12H20O4S2/c1-7(2)15-11(13)9-5-6-10(18-17-9)12(14)16-8(3)4/h7-10H,5-6H2,1-4H3/t9-,10+. The quantitative estimate of drug-likeness (QED) is 0.586. The number of ether oxygens (including phenoxy) is 2. The van der Waals surface area contributed by atoms with Crippen molar-refractivity contribution < 1.29 is 19.1 Å². The molecule has 0 amide bonds. The van der Waals surface area contributed by atoms with Gasteiger partial charge in [0, 0.05) is 0 Å². The Balaban J connectivity index is 2.36. The van der Waals surface area contributed by atoms with Gasteiger partial charge < -0.3 is 9.47 Å². The highest BCUT2D eigenvalue weighted by molar-refractivity contribution is 8.77. The summed E-state index contributed by atoms with van der Waals surface area (Å²) in [6, 6.07) is 0. The third kappa shape index (κ3) is 5.10. The molecule has 0 radical (unpaired) electrons. The molecule has 0 N–H and O–H groups in total. The van der Waals surface area contributed by atoms with Gasteiger partial charge in [-0.15, -0.1) is 0 Å². The molecule has 1 aliphatic rings. The molecule has 1 fully saturated rings. The van der Waals surface area contributed by atoms with Crippen LogP contribution in [0, 0.1) is 0 Å². The maximum absolute atomic E-state index is 11.7. The van der Waals surface area contributed by atoms with Crippen LogP contribution in [0.1, 0.15) is 40.5 Å². The molecule has 1 rings (SSSR count). The van der Waals surface area contributed by atoms with Gasteiger partial charge in [-0.05, 0) is 40.5 Å². The smallest absolute Gasteiger partial charge is 0.320 e. The Kier molecular flexibility index (Phi) is 6.35. The molecule has 2 atom stereocenters. The van der Waals surface area contributed by atoms with E-state index in [9.17, 15) is 9.59 Å². The molecule has 0 aromatic rings. The van der Waals surface area contributed by atoms with Gasteiger partial charge in [0.25, 0.3) is 0 Å². The summed E-state index contributed by atoms with van der Waals surface area (Å²) in [7, 11) is 2.84. The molecule has 1 saturated heterocycles. The molecule has 1 aliphatic heterocycles. The van der Waals surface area contributed by atoms with E-state index >= 15 is 0 Å². The summed E-state index contributed by atoms with van der Waals surface area (Å²) in [5.41, 5.74) is 0. The van der Waals surface area contributed by atoms with Crippen molar-refractivity contribution in [1.82, 2.24) is 0 Å². The molecule has 1 heterocycles. The van der Waals surface area contributed by atoms with Gasteiger partial charge in [0.15, 0.2) is 0 Å². The van der Waals surface area contributed by atoms with Crippen LogP contribution in [0.3, 0.4) is 0 Å². The zero-order chi connectivity index (χ0) is 13.7. The summed E-state index contributed by atoms with van der Waals surface area (Å²) < 4.78 is 10.3. The van der Waals surface area contributed by atoms with Crippen molar-refractivity contribution in [3.8, 4) is 0 Å². The van der Waals surface area contributed by atoms with Crippen LogP contribution >= 0.6 is 21.6 Å². The summed E-state index contributed by atoms with van der Waals surface area (Å²) in [6.45, 7) is 7.34. The van der Waals surface area contributed by atoms with Gasteiger partial charge in [-0.1, -0.05) is 21.6 Å². The zero-order valence-corrected chi connectivity index (χ0v) is 12.8. The SMILES string of the molecule is CC(C)OC(=O)[C@@H]1CC[C@H](C(=O)OC(C)C)SS1. The van der Waals surface area contributed by atoms with Gasteiger partial charge in [-0.3, -0.25) is 9.59 Å². The van der Waals surface area contributed by atoms with Gasteiger partial charge in [0.05, 0.1) is 12.2 Å². The monoisotopic (exact) mass is 292 g/mol. The molecule has 0 bridgehead atoms. The van der Waals surface area contributed by atoms with Crippen LogP contribution in [-0.2, 0) is 19.1 Å². The third-order valence-corrected chi connectivity index (χ3v) is 5.37. The van der Waals surface area contributed by atoms with E-state index in [1.165, 1.54) is 21.6 Å². The van der Waals surface area contributed by atoms with E-state index in [4.69, 9.17) is 9.47 Å². The Morgan fingerprint density at radius 3 is 1.44 bits per heavy atom. The maximum atomic E-state index is 11.7. The molecule has 104 valence electrons. The fourth-order valence-corrected chi connectivity index (χ4v) is 4.32. The second kappa shape index (κ2) is 7.28. The minimum atomic E-state index is -0.182. The number of hydrogen-bond donors (Lipinski definition) is 0. The van der Waals surface area contributed by atoms with E-state index in [-0.39, 0.29) is 34.6 Å². The Labute approximate surface area is 116 Å². The van der Waals surface area contributed by atoms with Crippen molar-refractivity contribution in [2.24, 2.45) is 0 Å². The summed E-state index contributed by atoms with van der Waals surface area (Å²) in [5, 5.41) is -0.332. The van der Waals surface area contributed by atoms with Crippen LogP contribution in [-0.4, -0.2) is 34.6 Å². The van der Waals surface area contributed by atoms with Crippen molar-refractivity contribution in [3.63, 3.8) is 0 Å². The van der Waals surface area contributed by atoms with Crippen LogP contribution in [0.2, 0.25) is 0 Å². The maximum Gasteiger partial charge on any atom is 0.320 e. The number of hydrogen-bond acceptors (Lipinski definition) is 6. The summed E-state index contributed by atoms with van der Waals surface area (Å²) in [4.78, 5) is 23.4. The van der Waals surface area contributed by atoms with E-state index < -0.39 is 0 Å². The number of rotatable bonds is 4. The van der Waals surface area contributed by atoms with Gasteiger partial charge in [-0.25, -0.2) is 0 Å². The first-order valence-corrected chi connectivity index (χ1v) is 8.41. The molecule has 4 nitrogen and oxygen atoms in total. The van der Waals surface area contributed by atoms with Gasteiger partial charge >= 0.3 is 11.9 Å². The average Bonchev–Trinajstić information content (AvgIpc) is 2.27. The Hall–Kier alpha value is -0.360. The van der Waals surface area contributed by atoms with Crippen LogP contribution in [0.4, 0.5) is 0 Å². The summed E-state index contributed by atoms with van der Waals surface area (Å²) in [6.07, 6.45) is 1.15. The van der Waals surface area contributed by atoms with E-state index in [0.717, 1.165) is 0 Å². The lowest BCUT2D eigenvalue weighted by molar-refractivity contribution is -0.149. The first kappa shape index (κ1) is 15.7. The van der Waals surface area contributed by atoms with Gasteiger partial charge in [0.1, 0.15) is 10.5 Å². The summed E-state index contributed by atoms with van der Waals surface area (Å²) in [5.74, 6) is -0.364. The molecule has 0 saturated carbocycles. The van der Waals surface area contributed by atoms with E-state index in [1.54, 1.807) is 0 Å². The van der Waals surface area contributed by atoms with Crippen LogP contribution < -0.4 is 0 Å². The second-order valence-electron chi connectivity index (χ2n) is 4.72. The van der Waals surface area contributed by atoms with Gasteiger partial charge in [0.2, 0.25) is 0 Å². The molecule has 0 aromatic carbocycles. The highest BCUT2D eigenvalue weighted by atomic mass is 33.1. The molecular formula is C12H20O4S2. The Morgan fingerprint density at radius 1 is 0.889 bits per heavy atom. The predicted molar refractivity (Wildman–Crippen MR) is 74.4 cm³/mol. The lowest BCUT2D eigenvalue weighted by atomic mass is 10.2. The van der Waals surface area contributed by atoms with Crippen molar-refractivity contribution in [3.05, 3.63) is 0 Å². The number of esters is 2. The third-order valence-electron chi connectivity index (χ3n) is 2.21. The Morgan fingerprint density at radius 2 is 1.22 bits per heavy atom. The largest absolute Gasteiger partial charge is 0.462 e. The molecule has 0 aliphatic carbocycles. The molecule has 0 spiro atoms. The van der Waals surface area contributed by atoms with Crippen molar-refractivity contribution in [1.29, 1.82) is 0 Å². The van der Waals surface area contributed by atoms with Gasteiger partial charge in [-0.2, -0.15) is 0 Å². The highest BCUT2D eigenvalue weighted by Crippen LogP contribution is 2.42. The molecule has 18 heavy (non-hydrogen) atoms. The lowest BCUT2D eigenvalue weighted by Crippen LogP contribution is -2.31. The van der Waals surface area contributed by atoms with Crippen LogP contribution in [0.25, 0.3) is 0 Å². The fourth-order valence-electron chi connectivity index (χ4n) is 1.46. The minimum absolute atomic E-state index is 0.0910. The topological polar surface area (TPSA) is 52.6 Å².